The van der Waals surface area contributed by atoms with Crippen LogP contribution in [0.1, 0.15) is 55.8 Å². The van der Waals surface area contributed by atoms with Crippen LogP contribution in [0.25, 0.3) is 0 Å². The van der Waals surface area contributed by atoms with Crippen LogP contribution in [0.2, 0.25) is 0 Å². The maximum atomic E-state index is 13.1. The number of hydrogen-bond acceptors (Lipinski definition) is 4. The van der Waals surface area contributed by atoms with Crippen LogP contribution in [-0.2, 0) is 4.79 Å². The number of carbonyl (C=O) groups is 2. The number of fused-ring (bicyclic) bond motifs is 1. The number of amides is 2. The van der Waals surface area contributed by atoms with Gasteiger partial charge in [-0.3, -0.25) is 9.59 Å². The molecule has 0 N–H and O–H groups in total. The molecule has 128 valence electrons. The third kappa shape index (κ3) is 2.08. The molecule has 0 radical (unpaired) electrons. The van der Waals surface area contributed by atoms with Gasteiger partial charge in [-0.25, -0.2) is 9.97 Å². The van der Waals surface area contributed by atoms with Crippen LogP contribution in [0.5, 0.6) is 0 Å². The van der Waals surface area contributed by atoms with Crippen molar-refractivity contribution in [2.24, 2.45) is 5.41 Å². The van der Waals surface area contributed by atoms with Crippen molar-refractivity contribution in [1.82, 2.24) is 19.8 Å². The van der Waals surface area contributed by atoms with Gasteiger partial charge in [-0.05, 0) is 38.7 Å². The molecule has 6 nitrogen and oxygen atoms in total. The normalized spacial score (nSPS) is 34.4. The Balaban J connectivity index is 1.71. The Labute approximate surface area is 142 Å². The predicted molar refractivity (Wildman–Crippen MR) is 88.3 cm³/mol. The van der Waals surface area contributed by atoms with E-state index in [0.717, 1.165) is 25.7 Å². The van der Waals surface area contributed by atoms with Crippen LogP contribution in [-0.4, -0.2) is 56.3 Å². The summed E-state index contributed by atoms with van der Waals surface area (Å²) in [6, 6.07) is 2.29. The Morgan fingerprint density at radius 1 is 1.29 bits per heavy atom. The molecule has 1 aliphatic carbocycles. The minimum atomic E-state index is -0.0209. The molecule has 0 aromatic carbocycles. The molecule has 4 rings (SSSR count). The Kier molecular flexibility index (Phi) is 3.41. The minimum absolute atomic E-state index is 0.00454. The predicted octanol–water partition coefficient (Wildman–Crippen LogP) is 1.79. The van der Waals surface area contributed by atoms with Gasteiger partial charge in [0.15, 0.2) is 0 Å². The van der Waals surface area contributed by atoms with Crippen molar-refractivity contribution < 1.29 is 9.59 Å². The maximum absolute atomic E-state index is 13.1. The summed E-state index contributed by atoms with van der Waals surface area (Å²) < 4.78 is 0. The molecule has 2 aliphatic heterocycles. The fraction of sp³-hybridized carbons (Fsp3) is 0.667. The summed E-state index contributed by atoms with van der Waals surface area (Å²) >= 11 is 0. The molecule has 0 unspecified atom stereocenters. The Morgan fingerprint density at radius 2 is 2.04 bits per heavy atom. The molecular weight excluding hydrogens is 304 g/mol. The van der Waals surface area contributed by atoms with Gasteiger partial charge in [-0.2, -0.15) is 0 Å². The van der Waals surface area contributed by atoms with E-state index in [1.807, 2.05) is 4.90 Å². The van der Waals surface area contributed by atoms with E-state index < -0.39 is 0 Å². The lowest BCUT2D eigenvalue weighted by molar-refractivity contribution is -0.132. The van der Waals surface area contributed by atoms with Crippen molar-refractivity contribution in [3.63, 3.8) is 0 Å². The summed E-state index contributed by atoms with van der Waals surface area (Å²) in [5.74, 6) is 0.730. The number of nitrogens with zero attached hydrogens (tertiary/aromatic N) is 4. The summed E-state index contributed by atoms with van der Waals surface area (Å²) in [7, 11) is 0. The van der Waals surface area contributed by atoms with Gasteiger partial charge in [-0.1, -0.05) is 6.92 Å². The van der Waals surface area contributed by atoms with Crippen LogP contribution >= 0.6 is 0 Å². The average Bonchev–Trinajstić information content (AvgIpc) is 2.83. The minimum Gasteiger partial charge on any atom is -0.335 e. The lowest BCUT2D eigenvalue weighted by Crippen LogP contribution is -2.57. The fourth-order valence-electron chi connectivity index (χ4n) is 5.42. The molecule has 4 atom stereocenters. The number of carbonyl (C=O) groups excluding carboxylic acids is 2. The van der Waals surface area contributed by atoms with Gasteiger partial charge in [-0.15, -0.1) is 0 Å². The van der Waals surface area contributed by atoms with E-state index in [1.165, 1.54) is 0 Å². The van der Waals surface area contributed by atoms with Crippen LogP contribution in [0.4, 0.5) is 0 Å². The van der Waals surface area contributed by atoms with Crippen LogP contribution in [0.15, 0.2) is 12.3 Å². The molecule has 0 spiro atoms. The van der Waals surface area contributed by atoms with Crippen molar-refractivity contribution in [2.75, 3.05) is 6.54 Å². The molecule has 3 fully saturated rings. The maximum Gasteiger partial charge on any atom is 0.272 e. The molecule has 3 heterocycles. The largest absolute Gasteiger partial charge is 0.335 e. The average molecular weight is 328 g/mol. The van der Waals surface area contributed by atoms with Gasteiger partial charge in [0.1, 0.15) is 11.5 Å². The van der Waals surface area contributed by atoms with Crippen molar-refractivity contribution in [2.45, 2.75) is 64.6 Å². The van der Waals surface area contributed by atoms with E-state index in [9.17, 15) is 9.59 Å². The standard InChI is InChI=1S/C18H24N4O2/c1-11-19-8-7-14(20-11)17(24)21-10-13-9-18(3)15(21)5-4-6-16(18)22(13)12(2)23/h7-8,13,15-16H,4-6,9-10H2,1-3H3/t13-,15+,16-,18+/m0/s1. The highest BCUT2D eigenvalue weighted by Gasteiger charge is 2.61. The fourth-order valence-corrected chi connectivity index (χ4v) is 5.42. The lowest BCUT2D eigenvalue weighted by atomic mass is 9.65. The highest BCUT2D eigenvalue weighted by atomic mass is 16.2. The zero-order valence-corrected chi connectivity index (χ0v) is 14.5. The SMILES string of the molecule is CC(=O)N1[C@@H]2CN(C(=O)c3ccnc(C)n3)[C@@H]3CCC[C@H]1[C@]3(C)C2. The molecule has 2 amide bonds. The number of piperidine rings is 1. The molecule has 1 aromatic heterocycles. The van der Waals surface area contributed by atoms with E-state index >= 15 is 0 Å². The Hall–Kier alpha value is -1.98. The summed E-state index contributed by atoms with van der Waals surface area (Å²) in [4.78, 5) is 37.8. The van der Waals surface area contributed by atoms with Gasteiger partial charge in [0.2, 0.25) is 5.91 Å². The topological polar surface area (TPSA) is 66.4 Å². The smallest absolute Gasteiger partial charge is 0.272 e. The number of hydrogen-bond donors (Lipinski definition) is 0. The molecule has 3 aliphatic rings. The summed E-state index contributed by atoms with van der Waals surface area (Å²) in [6.45, 7) is 6.35. The molecule has 6 heteroatoms. The first-order valence-electron chi connectivity index (χ1n) is 8.81. The van der Waals surface area contributed by atoms with Crippen LogP contribution in [0, 0.1) is 12.3 Å². The van der Waals surface area contributed by atoms with Gasteiger partial charge in [0, 0.05) is 37.2 Å². The monoisotopic (exact) mass is 328 g/mol. The number of rotatable bonds is 1. The van der Waals surface area contributed by atoms with Gasteiger partial charge in [0.05, 0.1) is 6.04 Å². The first-order chi connectivity index (χ1) is 11.4. The number of aryl methyl sites for hydroxylation is 1. The van der Waals surface area contributed by atoms with E-state index in [0.29, 0.717) is 18.1 Å². The molecule has 2 saturated heterocycles. The van der Waals surface area contributed by atoms with Crippen molar-refractivity contribution in [1.29, 1.82) is 0 Å². The van der Waals surface area contributed by atoms with E-state index in [4.69, 9.17) is 0 Å². The number of likely N-dealkylation sites (tertiary alicyclic amines) is 2. The van der Waals surface area contributed by atoms with E-state index in [-0.39, 0.29) is 35.4 Å². The first-order valence-corrected chi connectivity index (χ1v) is 8.81. The highest BCUT2D eigenvalue weighted by Crippen LogP contribution is 2.54. The summed E-state index contributed by atoms with van der Waals surface area (Å²) in [5, 5.41) is 0. The van der Waals surface area contributed by atoms with Crippen LogP contribution in [0.3, 0.4) is 0 Å². The van der Waals surface area contributed by atoms with E-state index in [1.54, 1.807) is 26.1 Å². The second-order valence-corrected chi connectivity index (χ2v) is 7.70. The summed E-state index contributed by atoms with van der Waals surface area (Å²) in [5.41, 5.74) is 0.466. The summed E-state index contributed by atoms with van der Waals surface area (Å²) in [6.07, 6.45) is 5.78. The lowest BCUT2D eigenvalue weighted by Gasteiger charge is -2.49. The molecule has 2 bridgehead atoms. The number of aromatic nitrogens is 2. The molecular formula is C18H24N4O2. The van der Waals surface area contributed by atoms with E-state index in [2.05, 4.69) is 21.8 Å². The second kappa shape index (κ2) is 5.26. The second-order valence-electron chi connectivity index (χ2n) is 7.70. The molecule has 1 saturated carbocycles. The Bertz CT molecular complexity index is 706. The zero-order chi connectivity index (χ0) is 17.1. The van der Waals surface area contributed by atoms with Crippen molar-refractivity contribution in [3.8, 4) is 0 Å². The quantitative estimate of drug-likeness (QED) is 0.788. The van der Waals surface area contributed by atoms with Gasteiger partial charge in [0.25, 0.3) is 5.91 Å². The zero-order valence-electron chi connectivity index (χ0n) is 14.5. The van der Waals surface area contributed by atoms with Gasteiger partial charge < -0.3 is 9.80 Å². The molecule has 1 aromatic rings. The van der Waals surface area contributed by atoms with Crippen molar-refractivity contribution in [3.05, 3.63) is 23.8 Å². The Morgan fingerprint density at radius 3 is 2.75 bits per heavy atom. The van der Waals surface area contributed by atoms with Gasteiger partial charge >= 0.3 is 0 Å². The highest BCUT2D eigenvalue weighted by molar-refractivity contribution is 5.93. The van der Waals surface area contributed by atoms with Crippen molar-refractivity contribution >= 4 is 11.8 Å². The first kappa shape index (κ1) is 15.5. The van der Waals surface area contributed by atoms with Crippen LogP contribution < -0.4 is 0 Å². The third-order valence-electron chi connectivity index (χ3n) is 6.29. The third-order valence-corrected chi connectivity index (χ3v) is 6.29. The molecule has 24 heavy (non-hydrogen) atoms.